The number of aliphatic carboxylic acids is 1. The molecule has 0 aliphatic heterocycles. The summed E-state index contributed by atoms with van der Waals surface area (Å²) in [5.41, 5.74) is -0.786. The van der Waals surface area contributed by atoms with Gasteiger partial charge in [-0.3, -0.25) is 9.59 Å². The summed E-state index contributed by atoms with van der Waals surface area (Å²) in [5.74, 6) is -1.11. The van der Waals surface area contributed by atoms with Crippen LogP contribution in [-0.4, -0.2) is 42.5 Å². The Kier molecular flexibility index (Phi) is 4.88. The van der Waals surface area contributed by atoms with Gasteiger partial charge in [-0.05, 0) is 25.8 Å². The molecule has 3 rings (SSSR count). The standard InChI is InChI=1S/C17H21N5O4/c1-11-12(10-18-22(11)13-6-7-14(23)21-20-13)15(24)19-17(16(25)26)8-4-2-3-5-9-17/h6-7,10H,2-5,8-9H2,1H3,(H,19,24)(H,21,23)(H,25,26). The van der Waals surface area contributed by atoms with Crippen molar-refractivity contribution in [3.05, 3.63) is 39.9 Å². The molecule has 138 valence electrons. The fourth-order valence-corrected chi connectivity index (χ4v) is 3.33. The van der Waals surface area contributed by atoms with Gasteiger partial charge in [-0.2, -0.15) is 10.2 Å². The third-order valence-electron chi connectivity index (χ3n) is 4.86. The minimum atomic E-state index is -1.24. The number of hydrogen-bond acceptors (Lipinski definition) is 5. The highest BCUT2D eigenvalue weighted by Gasteiger charge is 2.40. The molecule has 0 spiro atoms. The Morgan fingerprint density at radius 3 is 2.50 bits per heavy atom. The van der Waals surface area contributed by atoms with Gasteiger partial charge in [0, 0.05) is 6.07 Å². The topological polar surface area (TPSA) is 130 Å². The van der Waals surface area contributed by atoms with Crippen molar-refractivity contribution in [2.24, 2.45) is 0 Å². The molecule has 1 amide bonds. The van der Waals surface area contributed by atoms with Gasteiger partial charge >= 0.3 is 5.97 Å². The lowest BCUT2D eigenvalue weighted by Gasteiger charge is -2.29. The van der Waals surface area contributed by atoms with Crippen molar-refractivity contribution in [2.45, 2.75) is 51.0 Å². The molecule has 2 heterocycles. The zero-order chi connectivity index (χ0) is 18.7. The number of nitrogens with one attached hydrogen (secondary N) is 2. The fraction of sp³-hybridized carbons (Fsp3) is 0.471. The van der Waals surface area contributed by atoms with E-state index in [4.69, 9.17) is 0 Å². The van der Waals surface area contributed by atoms with E-state index in [1.165, 1.54) is 23.0 Å². The van der Waals surface area contributed by atoms with Crippen molar-refractivity contribution in [2.75, 3.05) is 0 Å². The predicted octanol–water partition coefficient (Wildman–Crippen LogP) is 1.17. The molecule has 2 aromatic heterocycles. The van der Waals surface area contributed by atoms with E-state index < -0.39 is 17.4 Å². The molecule has 2 aromatic rings. The normalized spacial score (nSPS) is 16.7. The maximum Gasteiger partial charge on any atom is 0.329 e. The van der Waals surface area contributed by atoms with Gasteiger partial charge in [0.05, 0.1) is 17.5 Å². The number of nitrogens with zero attached hydrogens (tertiary/aromatic N) is 3. The van der Waals surface area contributed by atoms with Crippen molar-refractivity contribution in [3.63, 3.8) is 0 Å². The molecular weight excluding hydrogens is 338 g/mol. The number of aromatic amines is 1. The SMILES string of the molecule is Cc1c(C(=O)NC2(C(=O)O)CCCCCC2)cnn1-c1ccc(=O)[nH]n1. The Balaban J connectivity index is 1.87. The zero-order valence-corrected chi connectivity index (χ0v) is 14.5. The third kappa shape index (κ3) is 3.37. The van der Waals surface area contributed by atoms with Crippen LogP contribution in [0, 0.1) is 6.92 Å². The second-order valence-electron chi connectivity index (χ2n) is 6.59. The van der Waals surface area contributed by atoms with Crippen molar-refractivity contribution in [1.29, 1.82) is 0 Å². The molecule has 0 aromatic carbocycles. The van der Waals surface area contributed by atoms with Crippen LogP contribution >= 0.6 is 0 Å². The summed E-state index contributed by atoms with van der Waals surface area (Å²) < 4.78 is 1.42. The van der Waals surface area contributed by atoms with Crippen LogP contribution in [0.1, 0.15) is 54.6 Å². The van der Waals surface area contributed by atoms with Crippen LogP contribution in [0.15, 0.2) is 23.1 Å². The number of amides is 1. The predicted molar refractivity (Wildman–Crippen MR) is 92.3 cm³/mol. The van der Waals surface area contributed by atoms with Crippen molar-refractivity contribution < 1.29 is 14.7 Å². The lowest BCUT2D eigenvalue weighted by Crippen LogP contribution is -2.54. The van der Waals surface area contributed by atoms with Crippen LogP contribution in [0.3, 0.4) is 0 Å². The van der Waals surface area contributed by atoms with Crippen LogP contribution in [0.4, 0.5) is 0 Å². The van der Waals surface area contributed by atoms with Crippen LogP contribution in [-0.2, 0) is 4.79 Å². The van der Waals surface area contributed by atoms with Crippen LogP contribution in [0.25, 0.3) is 5.82 Å². The molecule has 1 aliphatic rings. The first kappa shape index (κ1) is 17.8. The lowest BCUT2D eigenvalue weighted by atomic mass is 9.90. The summed E-state index contributed by atoms with van der Waals surface area (Å²) in [4.78, 5) is 35.7. The average molecular weight is 359 g/mol. The van der Waals surface area contributed by atoms with Gasteiger partial charge in [0.15, 0.2) is 5.82 Å². The quantitative estimate of drug-likeness (QED) is 0.703. The molecule has 9 heteroatoms. The van der Waals surface area contributed by atoms with Gasteiger partial charge in [0.1, 0.15) is 5.54 Å². The summed E-state index contributed by atoms with van der Waals surface area (Å²) >= 11 is 0. The van der Waals surface area contributed by atoms with E-state index in [-0.39, 0.29) is 11.1 Å². The molecule has 1 aliphatic carbocycles. The summed E-state index contributed by atoms with van der Waals surface area (Å²) in [6.07, 6.45) is 5.70. The molecule has 9 nitrogen and oxygen atoms in total. The number of hydrogen-bond donors (Lipinski definition) is 3. The van der Waals surface area contributed by atoms with Crippen LogP contribution < -0.4 is 10.9 Å². The van der Waals surface area contributed by atoms with Crippen molar-refractivity contribution in [1.82, 2.24) is 25.3 Å². The van der Waals surface area contributed by atoms with E-state index in [1.807, 2.05) is 0 Å². The van der Waals surface area contributed by atoms with Gasteiger partial charge in [0.25, 0.3) is 11.5 Å². The van der Waals surface area contributed by atoms with Gasteiger partial charge in [-0.15, -0.1) is 0 Å². The highest BCUT2D eigenvalue weighted by Crippen LogP contribution is 2.28. The highest BCUT2D eigenvalue weighted by atomic mass is 16.4. The van der Waals surface area contributed by atoms with Crippen LogP contribution in [0.2, 0.25) is 0 Å². The monoisotopic (exact) mass is 359 g/mol. The number of carbonyl (C=O) groups excluding carboxylic acids is 1. The smallest absolute Gasteiger partial charge is 0.329 e. The van der Waals surface area contributed by atoms with Crippen molar-refractivity contribution in [3.8, 4) is 5.82 Å². The number of carbonyl (C=O) groups is 2. The molecule has 0 bridgehead atoms. The molecule has 0 unspecified atom stereocenters. The fourth-order valence-electron chi connectivity index (χ4n) is 3.33. The van der Waals surface area contributed by atoms with E-state index in [9.17, 15) is 19.5 Å². The second kappa shape index (κ2) is 7.11. The largest absolute Gasteiger partial charge is 0.480 e. The summed E-state index contributed by atoms with van der Waals surface area (Å²) in [7, 11) is 0. The van der Waals surface area contributed by atoms with Gasteiger partial charge < -0.3 is 10.4 Å². The minimum Gasteiger partial charge on any atom is -0.480 e. The second-order valence-corrected chi connectivity index (χ2v) is 6.59. The first-order chi connectivity index (χ1) is 12.4. The van der Waals surface area contributed by atoms with E-state index in [2.05, 4.69) is 20.6 Å². The number of carboxylic acids is 1. The Bertz CT molecular complexity index is 857. The minimum absolute atomic E-state index is 0.280. The molecule has 1 saturated carbocycles. The molecular formula is C17H21N5O4. The van der Waals surface area contributed by atoms with E-state index in [0.29, 0.717) is 24.4 Å². The number of carboxylic acid groups (broad SMARTS) is 1. The molecule has 0 atom stereocenters. The summed E-state index contributed by atoms with van der Waals surface area (Å²) in [5, 5.41) is 22.8. The molecule has 3 N–H and O–H groups in total. The van der Waals surface area contributed by atoms with Crippen molar-refractivity contribution >= 4 is 11.9 Å². The van der Waals surface area contributed by atoms with Gasteiger partial charge in [0.2, 0.25) is 0 Å². The number of rotatable bonds is 4. The maximum absolute atomic E-state index is 12.7. The first-order valence-electron chi connectivity index (χ1n) is 8.60. The van der Waals surface area contributed by atoms with Gasteiger partial charge in [-0.1, -0.05) is 25.7 Å². The van der Waals surface area contributed by atoms with E-state index >= 15 is 0 Å². The zero-order valence-electron chi connectivity index (χ0n) is 14.5. The molecule has 26 heavy (non-hydrogen) atoms. The summed E-state index contributed by atoms with van der Waals surface area (Å²) in [6, 6.07) is 2.80. The number of H-pyrrole nitrogens is 1. The average Bonchev–Trinajstić information content (AvgIpc) is 2.84. The van der Waals surface area contributed by atoms with Crippen LogP contribution in [0.5, 0.6) is 0 Å². The number of aromatic nitrogens is 4. The molecule has 0 radical (unpaired) electrons. The Hall–Kier alpha value is -2.97. The Morgan fingerprint density at radius 1 is 1.23 bits per heavy atom. The highest BCUT2D eigenvalue weighted by molar-refractivity contribution is 5.98. The van der Waals surface area contributed by atoms with Gasteiger partial charge in [-0.25, -0.2) is 14.6 Å². The third-order valence-corrected chi connectivity index (χ3v) is 4.86. The molecule has 0 saturated heterocycles. The van der Waals surface area contributed by atoms with E-state index in [1.54, 1.807) is 6.92 Å². The van der Waals surface area contributed by atoms with E-state index in [0.717, 1.165) is 25.7 Å². The molecule has 1 fully saturated rings. The summed E-state index contributed by atoms with van der Waals surface area (Å²) in [6.45, 7) is 1.69. The Morgan fingerprint density at radius 2 is 1.92 bits per heavy atom. The lowest BCUT2D eigenvalue weighted by molar-refractivity contribution is -0.145. The maximum atomic E-state index is 12.7. The Labute approximate surface area is 149 Å². The first-order valence-corrected chi connectivity index (χ1v) is 8.60.